The number of carbonyl (C=O) groups is 2. The fourth-order valence-corrected chi connectivity index (χ4v) is 3.30. The van der Waals surface area contributed by atoms with E-state index in [9.17, 15) is 9.59 Å². The molecule has 3 aromatic rings. The first-order chi connectivity index (χ1) is 12.6. The van der Waals surface area contributed by atoms with E-state index in [1.165, 1.54) is 0 Å². The van der Waals surface area contributed by atoms with Crippen molar-refractivity contribution in [3.8, 4) is 0 Å². The summed E-state index contributed by atoms with van der Waals surface area (Å²) in [6.45, 7) is 2.60. The van der Waals surface area contributed by atoms with E-state index >= 15 is 0 Å². The maximum atomic E-state index is 12.6. The van der Waals surface area contributed by atoms with Gasteiger partial charge < -0.3 is 14.6 Å². The largest absolute Gasteiger partial charge is 0.459 e. The molecule has 2 heterocycles. The van der Waals surface area contributed by atoms with Gasteiger partial charge in [0.05, 0.1) is 6.04 Å². The molecule has 1 fully saturated rings. The first-order valence-electron chi connectivity index (χ1n) is 8.81. The second-order valence-corrected chi connectivity index (χ2v) is 6.58. The van der Waals surface area contributed by atoms with Crippen LogP contribution in [0.25, 0.3) is 11.0 Å². The third kappa shape index (κ3) is 3.08. The average molecular weight is 348 g/mol. The molecule has 2 aromatic carbocycles. The van der Waals surface area contributed by atoms with Crippen LogP contribution in [0.2, 0.25) is 0 Å². The number of nitrogens with one attached hydrogen (secondary N) is 1. The maximum Gasteiger partial charge on any atom is 0.251 e. The van der Waals surface area contributed by atoms with Crippen LogP contribution in [-0.4, -0.2) is 18.4 Å². The van der Waals surface area contributed by atoms with Gasteiger partial charge in [0.15, 0.2) is 0 Å². The zero-order chi connectivity index (χ0) is 18.1. The molecule has 0 radical (unpaired) electrons. The van der Waals surface area contributed by atoms with Crippen LogP contribution in [0.4, 0.5) is 5.69 Å². The molecule has 0 saturated carbocycles. The molecule has 1 saturated heterocycles. The van der Waals surface area contributed by atoms with Gasteiger partial charge in [0.2, 0.25) is 5.91 Å². The second-order valence-electron chi connectivity index (χ2n) is 6.58. The third-order valence-corrected chi connectivity index (χ3v) is 4.71. The molecule has 5 heteroatoms. The molecule has 0 unspecified atom stereocenters. The molecule has 132 valence electrons. The Kier molecular flexibility index (Phi) is 4.21. The predicted molar refractivity (Wildman–Crippen MR) is 100 cm³/mol. The highest BCUT2D eigenvalue weighted by atomic mass is 16.3. The number of benzene rings is 2. The fraction of sp³-hybridized carbons (Fsp3) is 0.238. The SMILES string of the molecule is C[C@H](NC(=O)c1cccc(N2CCCC2=O)c1)c1cc2ccccc2o1. The maximum absolute atomic E-state index is 12.6. The molecule has 0 spiro atoms. The molecule has 26 heavy (non-hydrogen) atoms. The summed E-state index contributed by atoms with van der Waals surface area (Å²) < 4.78 is 5.82. The van der Waals surface area contributed by atoms with E-state index in [2.05, 4.69) is 5.32 Å². The molecule has 1 N–H and O–H groups in total. The Hall–Kier alpha value is -3.08. The van der Waals surface area contributed by atoms with Crippen molar-refractivity contribution in [2.75, 3.05) is 11.4 Å². The summed E-state index contributed by atoms with van der Waals surface area (Å²) in [4.78, 5) is 26.3. The van der Waals surface area contributed by atoms with E-state index in [-0.39, 0.29) is 17.9 Å². The number of carbonyl (C=O) groups excluding carboxylic acids is 2. The third-order valence-electron chi connectivity index (χ3n) is 4.71. The number of nitrogens with zero attached hydrogens (tertiary/aromatic N) is 1. The van der Waals surface area contributed by atoms with Crippen LogP contribution in [0.3, 0.4) is 0 Å². The van der Waals surface area contributed by atoms with Gasteiger partial charge >= 0.3 is 0 Å². The molecule has 1 aliphatic heterocycles. The quantitative estimate of drug-likeness (QED) is 0.774. The van der Waals surface area contributed by atoms with E-state index in [4.69, 9.17) is 4.42 Å². The molecule has 5 nitrogen and oxygen atoms in total. The normalized spacial score (nSPS) is 15.4. The lowest BCUT2D eigenvalue weighted by molar-refractivity contribution is -0.117. The Balaban J connectivity index is 1.51. The van der Waals surface area contributed by atoms with Gasteiger partial charge in [-0.2, -0.15) is 0 Å². The van der Waals surface area contributed by atoms with Crippen molar-refractivity contribution in [3.63, 3.8) is 0 Å². The number of para-hydroxylation sites is 1. The molecule has 2 amide bonds. The van der Waals surface area contributed by atoms with Gasteiger partial charge in [-0.3, -0.25) is 9.59 Å². The topological polar surface area (TPSA) is 62.6 Å². The van der Waals surface area contributed by atoms with E-state index in [0.717, 1.165) is 23.1 Å². The van der Waals surface area contributed by atoms with Crippen LogP contribution in [-0.2, 0) is 4.79 Å². The van der Waals surface area contributed by atoms with Gasteiger partial charge in [-0.05, 0) is 43.7 Å². The number of amides is 2. The lowest BCUT2D eigenvalue weighted by Crippen LogP contribution is -2.27. The van der Waals surface area contributed by atoms with Crippen LogP contribution in [0.15, 0.2) is 59.0 Å². The molecular formula is C21H20N2O3. The zero-order valence-corrected chi connectivity index (χ0v) is 14.6. The molecule has 1 aliphatic rings. The van der Waals surface area contributed by atoms with Crippen molar-refractivity contribution < 1.29 is 14.0 Å². The molecule has 1 aromatic heterocycles. The van der Waals surface area contributed by atoms with Gasteiger partial charge in [-0.25, -0.2) is 0 Å². The zero-order valence-electron chi connectivity index (χ0n) is 14.6. The number of hydrogen-bond acceptors (Lipinski definition) is 3. The minimum atomic E-state index is -0.257. The van der Waals surface area contributed by atoms with Crippen molar-refractivity contribution >= 4 is 28.5 Å². The van der Waals surface area contributed by atoms with Gasteiger partial charge in [0.25, 0.3) is 5.91 Å². The Morgan fingerprint density at radius 2 is 2.00 bits per heavy atom. The minimum Gasteiger partial charge on any atom is -0.459 e. The summed E-state index contributed by atoms with van der Waals surface area (Å²) in [7, 11) is 0. The Labute approximate surface area is 151 Å². The van der Waals surface area contributed by atoms with Crippen molar-refractivity contribution in [3.05, 3.63) is 65.9 Å². The fourth-order valence-electron chi connectivity index (χ4n) is 3.30. The van der Waals surface area contributed by atoms with Gasteiger partial charge in [-0.15, -0.1) is 0 Å². The van der Waals surface area contributed by atoms with Crippen molar-refractivity contribution in [2.45, 2.75) is 25.8 Å². The summed E-state index contributed by atoms with van der Waals surface area (Å²) in [5, 5.41) is 3.98. The van der Waals surface area contributed by atoms with E-state index in [1.54, 1.807) is 17.0 Å². The molecule has 4 rings (SSSR count). The summed E-state index contributed by atoms with van der Waals surface area (Å²) in [6, 6.07) is 16.6. The molecular weight excluding hydrogens is 328 g/mol. The standard InChI is InChI=1S/C21H20N2O3/c1-14(19-13-15-6-2-3-9-18(15)26-19)22-21(25)16-7-4-8-17(12-16)23-11-5-10-20(23)24/h2-4,6-9,12-14H,5,10-11H2,1H3,(H,22,25)/t14-/m0/s1. The highest BCUT2D eigenvalue weighted by Gasteiger charge is 2.22. The lowest BCUT2D eigenvalue weighted by atomic mass is 10.1. The summed E-state index contributed by atoms with van der Waals surface area (Å²) in [6.07, 6.45) is 1.43. The predicted octanol–water partition coefficient (Wildman–Crippen LogP) is 4.05. The van der Waals surface area contributed by atoms with Crippen LogP contribution in [0.1, 0.15) is 41.9 Å². The first-order valence-corrected chi connectivity index (χ1v) is 8.81. The second kappa shape index (κ2) is 6.67. The monoisotopic (exact) mass is 348 g/mol. The summed E-state index contributed by atoms with van der Waals surface area (Å²) in [5.41, 5.74) is 2.11. The highest BCUT2D eigenvalue weighted by Crippen LogP contribution is 2.25. The lowest BCUT2D eigenvalue weighted by Gasteiger charge is -2.17. The average Bonchev–Trinajstić information content (AvgIpc) is 3.27. The number of rotatable bonds is 4. The Morgan fingerprint density at radius 1 is 1.15 bits per heavy atom. The summed E-state index contributed by atoms with van der Waals surface area (Å²) in [5.74, 6) is 0.634. The number of anilines is 1. The van der Waals surface area contributed by atoms with E-state index < -0.39 is 0 Å². The molecule has 0 aliphatic carbocycles. The van der Waals surface area contributed by atoms with Gasteiger partial charge in [0, 0.05) is 29.6 Å². The highest BCUT2D eigenvalue weighted by molar-refractivity contribution is 5.99. The van der Waals surface area contributed by atoms with Crippen molar-refractivity contribution in [1.29, 1.82) is 0 Å². The smallest absolute Gasteiger partial charge is 0.251 e. The van der Waals surface area contributed by atoms with Crippen LogP contribution < -0.4 is 10.2 Å². The van der Waals surface area contributed by atoms with E-state index in [1.807, 2.05) is 49.4 Å². The number of fused-ring (bicyclic) bond motifs is 1. The van der Waals surface area contributed by atoms with Crippen LogP contribution in [0.5, 0.6) is 0 Å². The van der Waals surface area contributed by atoms with Gasteiger partial charge in [0.1, 0.15) is 11.3 Å². The number of hydrogen-bond donors (Lipinski definition) is 1. The Bertz CT molecular complexity index is 943. The van der Waals surface area contributed by atoms with Crippen molar-refractivity contribution in [2.24, 2.45) is 0 Å². The Morgan fingerprint density at radius 3 is 2.77 bits per heavy atom. The number of furan rings is 1. The molecule has 0 bridgehead atoms. The first kappa shape index (κ1) is 16.4. The van der Waals surface area contributed by atoms with Gasteiger partial charge in [-0.1, -0.05) is 24.3 Å². The minimum absolute atomic E-state index is 0.109. The molecule has 1 atom stereocenters. The van der Waals surface area contributed by atoms with Crippen molar-refractivity contribution in [1.82, 2.24) is 5.32 Å². The van der Waals surface area contributed by atoms with Crippen LogP contribution in [0, 0.1) is 0 Å². The summed E-state index contributed by atoms with van der Waals surface area (Å²) >= 11 is 0. The van der Waals surface area contributed by atoms with E-state index in [0.29, 0.717) is 24.3 Å². The van der Waals surface area contributed by atoms with Crippen LogP contribution >= 0.6 is 0 Å².